The Morgan fingerprint density at radius 3 is 2.74 bits per heavy atom. The molecule has 1 aromatic carbocycles. The number of fused-ring (bicyclic) bond motifs is 2. The van der Waals surface area contributed by atoms with Crippen LogP contribution < -0.4 is 5.32 Å². The maximum absolute atomic E-state index is 12.0. The third-order valence-corrected chi connectivity index (χ3v) is 7.41. The van der Waals surface area contributed by atoms with Crippen LogP contribution in [0, 0.1) is 5.92 Å². The molecule has 186 valence electrons. The summed E-state index contributed by atoms with van der Waals surface area (Å²) >= 11 is 1.58. The SMILES string of the molecule is CCCSc1nc(NCCc2ccccc2)c2nnn([C@@H]3C[C@H](C(=O)O)[C@H]4OC(C)(C)O[C@H]43)c2n1. The number of carboxylic acid groups (broad SMARTS) is 1. The Labute approximate surface area is 207 Å². The second kappa shape index (κ2) is 9.71. The van der Waals surface area contributed by atoms with Gasteiger partial charge in [-0.25, -0.2) is 14.6 Å². The maximum atomic E-state index is 12.0. The molecule has 4 atom stereocenters. The van der Waals surface area contributed by atoms with Gasteiger partial charge in [-0.3, -0.25) is 4.79 Å². The van der Waals surface area contributed by atoms with Gasteiger partial charge in [0.05, 0.1) is 12.0 Å². The van der Waals surface area contributed by atoms with E-state index >= 15 is 0 Å². The number of thioether (sulfide) groups is 1. The number of hydrogen-bond donors (Lipinski definition) is 2. The average Bonchev–Trinajstić information content (AvgIpc) is 3.48. The van der Waals surface area contributed by atoms with Crippen molar-refractivity contribution in [2.24, 2.45) is 5.92 Å². The van der Waals surface area contributed by atoms with Crippen molar-refractivity contribution in [3.63, 3.8) is 0 Å². The van der Waals surface area contributed by atoms with E-state index in [9.17, 15) is 9.90 Å². The predicted molar refractivity (Wildman–Crippen MR) is 131 cm³/mol. The second-order valence-electron chi connectivity index (χ2n) is 9.38. The molecule has 0 bridgehead atoms. The van der Waals surface area contributed by atoms with E-state index in [4.69, 9.17) is 19.4 Å². The normalized spacial score (nSPS) is 25.1. The van der Waals surface area contributed by atoms with Crippen molar-refractivity contribution in [2.45, 2.75) is 69.2 Å². The topological polar surface area (TPSA) is 124 Å². The van der Waals surface area contributed by atoms with Crippen molar-refractivity contribution >= 4 is 34.7 Å². The van der Waals surface area contributed by atoms with Crippen molar-refractivity contribution in [1.82, 2.24) is 25.0 Å². The van der Waals surface area contributed by atoms with Gasteiger partial charge in [-0.05, 0) is 38.7 Å². The Morgan fingerprint density at radius 2 is 2.00 bits per heavy atom. The molecule has 35 heavy (non-hydrogen) atoms. The van der Waals surface area contributed by atoms with Crippen LogP contribution in [0.1, 0.15) is 45.2 Å². The largest absolute Gasteiger partial charge is 0.481 e. The van der Waals surface area contributed by atoms with Crippen LogP contribution in [0.25, 0.3) is 11.2 Å². The Hall–Kier alpha value is -2.76. The molecule has 0 amide bonds. The molecule has 2 aromatic heterocycles. The Bertz CT molecular complexity index is 1200. The van der Waals surface area contributed by atoms with Crippen LogP contribution in [0.3, 0.4) is 0 Å². The molecule has 2 aliphatic rings. The number of benzene rings is 1. The number of nitrogens with one attached hydrogen (secondary N) is 1. The van der Waals surface area contributed by atoms with Gasteiger partial charge in [0.2, 0.25) is 0 Å². The highest BCUT2D eigenvalue weighted by Gasteiger charge is 2.57. The molecule has 10 nitrogen and oxygen atoms in total. The summed E-state index contributed by atoms with van der Waals surface area (Å²) in [5.41, 5.74) is 2.36. The zero-order valence-corrected chi connectivity index (χ0v) is 20.9. The second-order valence-corrected chi connectivity index (χ2v) is 10.4. The summed E-state index contributed by atoms with van der Waals surface area (Å²) in [5, 5.41) is 22.7. The first kappa shape index (κ1) is 24.0. The van der Waals surface area contributed by atoms with Gasteiger partial charge in [0.25, 0.3) is 0 Å². The summed E-state index contributed by atoms with van der Waals surface area (Å²) in [5.74, 6) is -0.935. The highest BCUT2D eigenvalue weighted by atomic mass is 32.2. The molecule has 0 spiro atoms. The highest BCUT2D eigenvalue weighted by molar-refractivity contribution is 7.99. The van der Waals surface area contributed by atoms with E-state index in [1.54, 1.807) is 30.3 Å². The molecule has 2 N–H and O–H groups in total. The molecule has 0 unspecified atom stereocenters. The quantitative estimate of drug-likeness (QED) is 0.334. The molecule has 2 fully saturated rings. The fraction of sp³-hybridized carbons (Fsp3) is 0.542. The number of aromatic nitrogens is 5. The summed E-state index contributed by atoms with van der Waals surface area (Å²) < 4.78 is 13.8. The average molecular weight is 499 g/mol. The van der Waals surface area contributed by atoms with E-state index in [2.05, 4.69) is 34.7 Å². The van der Waals surface area contributed by atoms with E-state index in [0.717, 1.165) is 18.6 Å². The van der Waals surface area contributed by atoms with Gasteiger partial charge < -0.3 is 19.9 Å². The molecule has 1 saturated heterocycles. The molecule has 1 aliphatic heterocycles. The summed E-state index contributed by atoms with van der Waals surface area (Å²) in [6.45, 7) is 6.40. The van der Waals surface area contributed by atoms with Crippen LogP contribution in [0.4, 0.5) is 5.82 Å². The van der Waals surface area contributed by atoms with Crippen LogP contribution in [0.2, 0.25) is 0 Å². The minimum Gasteiger partial charge on any atom is -0.481 e. The van der Waals surface area contributed by atoms with Crippen LogP contribution in [-0.4, -0.2) is 66.3 Å². The number of carboxylic acids is 1. The Kier molecular flexibility index (Phi) is 6.65. The van der Waals surface area contributed by atoms with Gasteiger partial charge in [0, 0.05) is 12.3 Å². The Balaban J connectivity index is 1.47. The van der Waals surface area contributed by atoms with E-state index in [0.29, 0.717) is 35.1 Å². The van der Waals surface area contributed by atoms with Crippen molar-refractivity contribution in [2.75, 3.05) is 17.6 Å². The van der Waals surface area contributed by atoms with Crippen molar-refractivity contribution in [3.8, 4) is 0 Å². The first-order chi connectivity index (χ1) is 16.9. The number of aliphatic carboxylic acids is 1. The molecule has 11 heteroatoms. The number of carbonyl (C=O) groups is 1. The monoisotopic (exact) mass is 498 g/mol. The van der Waals surface area contributed by atoms with Crippen LogP contribution in [0.5, 0.6) is 0 Å². The van der Waals surface area contributed by atoms with Crippen molar-refractivity contribution < 1.29 is 19.4 Å². The van der Waals surface area contributed by atoms with Gasteiger partial charge in [0.15, 0.2) is 27.9 Å². The number of rotatable bonds is 9. The van der Waals surface area contributed by atoms with Crippen LogP contribution >= 0.6 is 11.8 Å². The van der Waals surface area contributed by atoms with E-state index < -0.39 is 29.9 Å². The zero-order chi connectivity index (χ0) is 24.6. The van der Waals surface area contributed by atoms with Crippen molar-refractivity contribution in [3.05, 3.63) is 35.9 Å². The molecule has 0 radical (unpaired) electrons. The lowest BCUT2D eigenvalue weighted by Crippen LogP contribution is -2.30. The van der Waals surface area contributed by atoms with Gasteiger partial charge in [-0.1, -0.05) is 54.2 Å². The van der Waals surface area contributed by atoms with Crippen LogP contribution in [0.15, 0.2) is 35.5 Å². The number of anilines is 1. The lowest BCUT2D eigenvalue weighted by molar-refractivity contribution is -0.168. The standard InChI is InChI=1S/C24H30N6O4S/c1-4-12-35-23-26-20(25-11-10-14-8-6-5-7-9-14)17-21(27-23)30(29-28-17)16-13-15(22(31)32)18-19(16)34-24(2,3)33-18/h5-9,15-16,18-19H,4,10-13H2,1-3H3,(H,31,32)(H,25,26,27)/t15-,16+,18+,19-/m0/s1. The van der Waals surface area contributed by atoms with Crippen molar-refractivity contribution in [1.29, 1.82) is 0 Å². The third-order valence-electron chi connectivity index (χ3n) is 6.35. The van der Waals surface area contributed by atoms with Gasteiger partial charge >= 0.3 is 5.97 Å². The molecular weight excluding hydrogens is 468 g/mol. The van der Waals surface area contributed by atoms with E-state index in [1.807, 2.05) is 18.2 Å². The molecule has 3 heterocycles. The smallest absolute Gasteiger partial charge is 0.309 e. The first-order valence-corrected chi connectivity index (χ1v) is 13.0. The summed E-state index contributed by atoms with van der Waals surface area (Å²) in [4.78, 5) is 21.5. The van der Waals surface area contributed by atoms with Gasteiger partial charge in [-0.15, -0.1) is 5.10 Å². The number of ether oxygens (including phenoxy) is 2. The summed E-state index contributed by atoms with van der Waals surface area (Å²) in [6, 6.07) is 9.89. The lowest BCUT2D eigenvalue weighted by Gasteiger charge is -2.22. The maximum Gasteiger partial charge on any atom is 0.309 e. The Morgan fingerprint density at radius 1 is 1.23 bits per heavy atom. The predicted octanol–water partition coefficient (Wildman–Crippen LogP) is 3.54. The summed E-state index contributed by atoms with van der Waals surface area (Å²) in [7, 11) is 0. The molecular formula is C24H30N6O4S. The minimum atomic E-state index is -0.898. The summed E-state index contributed by atoms with van der Waals surface area (Å²) in [6.07, 6.45) is 1.16. The molecule has 1 aliphatic carbocycles. The molecule has 1 saturated carbocycles. The first-order valence-electron chi connectivity index (χ1n) is 12.0. The third kappa shape index (κ3) is 4.85. The number of nitrogens with zero attached hydrogens (tertiary/aromatic N) is 5. The fourth-order valence-corrected chi connectivity index (χ4v) is 5.51. The molecule has 5 rings (SSSR count). The van der Waals surface area contributed by atoms with Gasteiger partial charge in [-0.2, -0.15) is 0 Å². The van der Waals surface area contributed by atoms with Crippen LogP contribution in [-0.2, 0) is 20.7 Å². The number of hydrogen-bond acceptors (Lipinski definition) is 9. The zero-order valence-electron chi connectivity index (χ0n) is 20.0. The fourth-order valence-electron chi connectivity index (χ4n) is 4.82. The molecule has 3 aromatic rings. The minimum absolute atomic E-state index is 0.331. The lowest BCUT2D eigenvalue weighted by atomic mass is 10.1. The van der Waals surface area contributed by atoms with Gasteiger partial charge in [0.1, 0.15) is 12.2 Å². The van der Waals surface area contributed by atoms with E-state index in [-0.39, 0.29) is 6.04 Å². The highest BCUT2D eigenvalue weighted by Crippen LogP contribution is 2.47. The van der Waals surface area contributed by atoms with E-state index in [1.165, 1.54) is 5.56 Å².